The molecule has 2 rings (SSSR count). The average Bonchev–Trinajstić information content (AvgIpc) is 2.76. The fraction of sp³-hybridized carbons (Fsp3) is 0.765. The van der Waals surface area contributed by atoms with Crippen LogP contribution in [0.2, 0.25) is 0 Å². The Labute approximate surface area is 122 Å². The van der Waals surface area contributed by atoms with Gasteiger partial charge in [0.15, 0.2) is 0 Å². The summed E-state index contributed by atoms with van der Waals surface area (Å²) in [5.74, 6) is 1.71. The fourth-order valence-corrected chi connectivity index (χ4v) is 4.31. The van der Waals surface area contributed by atoms with Gasteiger partial charge in [0.2, 0.25) is 0 Å². The van der Waals surface area contributed by atoms with Crippen LogP contribution in [0.3, 0.4) is 0 Å². The summed E-state index contributed by atoms with van der Waals surface area (Å²) in [7, 11) is 2.06. The Kier molecular flexibility index (Phi) is 5.90. The van der Waals surface area contributed by atoms with Gasteiger partial charge >= 0.3 is 0 Å². The van der Waals surface area contributed by atoms with Crippen molar-refractivity contribution >= 4 is 11.3 Å². The summed E-state index contributed by atoms with van der Waals surface area (Å²) in [4.78, 5) is 3.23. The lowest BCUT2D eigenvalue weighted by molar-refractivity contribution is 0.290. The Bertz CT molecular complexity index is 379. The molecule has 1 aromatic rings. The minimum Gasteiger partial charge on any atom is -0.319 e. The van der Waals surface area contributed by atoms with Crippen LogP contribution in [0.25, 0.3) is 0 Å². The zero-order chi connectivity index (χ0) is 13.7. The third-order valence-electron chi connectivity index (χ3n) is 4.52. The lowest BCUT2D eigenvalue weighted by Gasteiger charge is -2.25. The molecule has 0 saturated heterocycles. The molecular formula is C17H29NS. The van der Waals surface area contributed by atoms with Crippen molar-refractivity contribution in [2.24, 2.45) is 5.92 Å². The van der Waals surface area contributed by atoms with Crippen LogP contribution in [-0.4, -0.2) is 13.6 Å². The maximum Gasteiger partial charge on any atom is 0.00833 e. The van der Waals surface area contributed by atoms with Gasteiger partial charge in [0, 0.05) is 16.3 Å². The zero-order valence-corrected chi connectivity index (χ0v) is 13.6. The van der Waals surface area contributed by atoms with Gasteiger partial charge in [-0.15, -0.1) is 11.3 Å². The Morgan fingerprint density at radius 2 is 2.21 bits per heavy atom. The molecule has 19 heavy (non-hydrogen) atoms. The van der Waals surface area contributed by atoms with Gasteiger partial charge in [0.25, 0.3) is 0 Å². The smallest absolute Gasteiger partial charge is 0.00833 e. The van der Waals surface area contributed by atoms with Gasteiger partial charge in [-0.2, -0.15) is 0 Å². The van der Waals surface area contributed by atoms with Gasteiger partial charge in [-0.1, -0.05) is 39.5 Å². The summed E-state index contributed by atoms with van der Waals surface area (Å²) in [6.45, 7) is 5.72. The lowest BCUT2D eigenvalue weighted by Crippen LogP contribution is -2.15. The normalized spacial score (nSPS) is 17.4. The number of hydrogen-bond donors (Lipinski definition) is 1. The summed E-state index contributed by atoms with van der Waals surface area (Å²) in [6, 6.07) is 2.46. The highest BCUT2D eigenvalue weighted by molar-refractivity contribution is 7.12. The van der Waals surface area contributed by atoms with Crippen LogP contribution in [0.4, 0.5) is 0 Å². The third kappa shape index (κ3) is 4.06. The Morgan fingerprint density at radius 3 is 2.79 bits per heavy atom. The molecule has 0 radical (unpaired) electrons. The number of likely N-dealkylation sites (N-methyl/N-ethyl adjacent to an activating group) is 1. The second kappa shape index (κ2) is 7.44. The van der Waals surface area contributed by atoms with Gasteiger partial charge in [-0.3, -0.25) is 0 Å². The standard InChI is InChI=1S/C17H29NS/c1-4-15-11-16(13(2)12-18-3)17(19-15)10-6-9-14-7-5-8-14/h11,13-14,18H,4-10,12H2,1-3H3. The highest BCUT2D eigenvalue weighted by Crippen LogP contribution is 2.34. The van der Waals surface area contributed by atoms with E-state index in [4.69, 9.17) is 0 Å². The quantitative estimate of drug-likeness (QED) is 0.723. The molecule has 108 valence electrons. The number of nitrogens with one attached hydrogen (secondary N) is 1. The first kappa shape index (κ1) is 15.1. The summed E-state index contributed by atoms with van der Waals surface area (Å²) in [5, 5.41) is 3.32. The van der Waals surface area contributed by atoms with Crippen LogP contribution >= 0.6 is 11.3 Å². The van der Waals surface area contributed by atoms with E-state index in [0.717, 1.165) is 12.5 Å². The molecule has 0 aliphatic heterocycles. The molecule has 1 saturated carbocycles. The number of hydrogen-bond acceptors (Lipinski definition) is 2. The minimum atomic E-state index is 0.653. The second-order valence-corrected chi connectivity index (χ2v) is 7.31. The molecule has 1 aliphatic rings. The van der Waals surface area contributed by atoms with E-state index >= 15 is 0 Å². The van der Waals surface area contributed by atoms with Crippen molar-refractivity contribution in [3.05, 3.63) is 21.4 Å². The van der Waals surface area contributed by atoms with Crippen LogP contribution < -0.4 is 5.32 Å². The molecule has 1 unspecified atom stereocenters. The highest BCUT2D eigenvalue weighted by atomic mass is 32.1. The maximum atomic E-state index is 3.32. The van der Waals surface area contributed by atoms with E-state index < -0.39 is 0 Å². The SMILES string of the molecule is CCc1cc(C(C)CNC)c(CCCC2CCC2)s1. The van der Waals surface area contributed by atoms with E-state index in [1.54, 1.807) is 15.3 Å². The Hall–Kier alpha value is -0.340. The molecule has 1 fully saturated rings. The third-order valence-corrected chi connectivity index (χ3v) is 5.88. The molecule has 1 aromatic heterocycles. The Balaban J connectivity index is 1.93. The van der Waals surface area contributed by atoms with Gasteiger partial charge in [-0.05, 0) is 49.8 Å². The van der Waals surface area contributed by atoms with Crippen LogP contribution in [-0.2, 0) is 12.8 Å². The summed E-state index contributed by atoms with van der Waals surface area (Å²) >= 11 is 2.06. The first-order chi connectivity index (χ1) is 9.24. The monoisotopic (exact) mass is 279 g/mol. The molecule has 1 aliphatic carbocycles. The van der Waals surface area contributed by atoms with E-state index in [-0.39, 0.29) is 0 Å². The van der Waals surface area contributed by atoms with Crippen LogP contribution in [0.5, 0.6) is 0 Å². The van der Waals surface area contributed by atoms with Crippen LogP contribution in [0, 0.1) is 5.92 Å². The molecule has 2 heteroatoms. The molecule has 0 bridgehead atoms. The van der Waals surface area contributed by atoms with E-state index in [0.29, 0.717) is 5.92 Å². The average molecular weight is 279 g/mol. The van der Waals surface area contributed by atoms with Crippen LogP contribution in [0.1, 0.15) is 67.2 Å². The fourth-order valence-electron chi connectivity index (χ4n) is 3.04. The van der Waals surface area contributed by atoms with Gasteiger partial charge in [-0.25, -0.2) is 0 Å². The van der Waals surface area contributed by atoms with E-state index in [9.17, 15) is 0 Å². The van der Waals surface area contributed by atoms with E-state index in [1.165, 1.54) is 44.9 Å². The van der Waals surface area contributed by atoms with Crippen molar-refractivity contribution in [2.45, 2.75) is 64.7 Å². The topological polar surface area (TPSA) is 12.0 Å². The number of rotatable bonds is 8. The minimum absolute atomic E-state index is 0.653. The lowest BCUT2D eigenvalue weighted by atomic mass is 9.81. The molecule has 0 spiro atoms. The molecule has 1 atom stereocenters. The molecule has 1 N–H and O–H groups in total. The second-order valence-electron chi connectivity index (χ2n) is 6.09. The van der Waals surface area contributed by atoms with Crippen molar-refractivity contribution in [1.29, 1.82) is 0 Å². The Morgan fingerprint density at radius 1 is 1.42 bits per heavy atom. The summed E-state index contributed by atoms with van der Waals surface area (Å²) < 4.78 is 0. The predicted molar refractivity (Wildman–Crippen MR) is 86.3 cm³/mol. The van der Waals surface area contributed by atoms with E-state index in [1.807, 2.05) is 0 Å². The predicted octanol–water partition coefficient (Wildman–Crippen LogP) is 4.76. The van der Waals surface area contributed by atoms with Gasteiger partial charge < -0.3 is 5.32 Å². The zero-order valence-electron chi connectivity index (χ0n) is 12.8. The van der Waals surface area contributed by atoms with Crippen molar-refractivity contribution in [3.8, 4) is 0 Å². The van der Waals surface area contributed by atoms with Gasteiger partial charge in [0.05, 0.1) is 0 Å². The van der Waals surface area contributed by atoms with Crippen LogP contribution in [0.15, 0.2) is 6.07 Å². The van der Waals surface area contributed by atoms with Gasteiger partial charge in [0.1, 0.15) is 0 Å². The van der Waals surface area contributed by atoms with E-state index in [2.05, 4.69) is 43.6 Å². The molecule has 0 aromatic carbocycles. The van der Waals surface area contributed by atoms with Crippen molar-refractivity contribution in [3.63, 3.8) is 0 Å². The summed E-state index contributed by atoms with van der Waals surface area (Å²) in [5.41, 5.74) is 1.62. The largest absolute Gasteiger partial charge is 0.319 e. The molecular weight excluding hydrogens is 250 g/mol. The molecule has 1 heterocycles. The maximum absolute atomic E-state index is 3.32. The van der Waals surface area contributed by atoms with Crippen molar-refractivity contribution < 1.29 is 0 Å². The highest BCUT2D eigenvalue weighted by Gasteiger charge is 2.18. The number of aryl methyl sites for hydroxylation is 2. The van der Waals surface area contributed by atoms with Crippen molar-refractivity contribution in [1.82, 2.24) is 5.32 Å². The molecule has 1 nitrogen and oxygen atoms in total. The first-order valence-electron chi connectivity index (χ1n) is 8.00. The van der Waals surface area contributed by atoms with Crippen molar-refractivity contribution in [2.75, 3.05) is 13.6 Å². The number of thiophene rings is 1. The molecule has 0 amide bonds. The first-order valence-corrected chi connectivity index (χ1v) is 8.82. The summed E-state index contributed by atoms with van der Waals surface area (Å²) in [6.07, 6.45) is 9.82.